The van der Waals surface area contributed by atoms with E-state index in [9.17, 15) is 9.59 Å². The van der Waals surface area contributed by atoms with E-state index in [1.165, 1.54) is 6.21 Å². The summed E-state index contributed by atoms with van der Waals surface area (Å²) in [4.78, 5) is 25.8. The van der Waals surface area contributed by atoms with Crippen LogP contribution in [0.1, 0.15) is 17.5 Å². The molecule has 2 amide bonds. The van der Waals surface area contributed by atoms with Gasteiger partial charge in [-0.05, 0) is 48.1 Å². The third kappa shape index (κ3) is 3.63. The van der Waals surface area contributed by atoms with Crippen LogP contribution in [0.5, 0.6) is 11.5 Å². The molecule has 0 radical (unpaired) electrons. The molecule has 1 saturated heterocycles. The number of carbonyl (C=O) groups is 2. The van der Waals surface area contributed by atoms with Gasteiger partial charge >= 0.3 is 0 Å². The lowest BCUT2D eigenvalue weighted by molar-refractivity contribution is -0.140. The average molecular weight is 516 g/mol. The summed E-state index contributed by atoms with van der Waals surface area (Å²) in [5.74, 6) is 0.247. The number of carbonyl (C=O) groups excluding carboxylic acids is 2. The van der Waals surface area contributed by atoms with E-state index >= 15 is 0 Å². The molecule has 0 spiro atoms. The summed E-state index contributed by atoms with van der Waals surface area (Å²) in [7, 11) is 1.55. The highest BCUT2D eigenvalue weighted by Crippen LogP contribution is 2.52. The Morgan fingerprint density at radius 3 is 2.41 bits per heavy atom. The number of nitrogens with zero attached hydrogens (tertiary/aromatic N) is 2. The Morgan fingerprint density at radius 1 is 1.12 bits per heavy atom. The zero-order chi connectivity index (χ0) is 22.4. The molecule has 0 aromatic heterocycles. The molecule has 1 saturated carbocycles. The van der Waals surface area contributed by atoms with Crippen molar-refractivity contribution in [1.29, 1.82) is 0 Å². The molecule has 2 aromatic rings. The number of benzene rings is 2. The van der Waals surface area contributed by atoms with Crippen molar-refractivity contribution in [2.75, 3.05) is 7.11 Å². The Labute approximate surface area is 199 Å². The van der Waals surface area contributed by atoms with Gasteiger partial charge in [0.05, 0.1) is 25.2 Å². The summed E-state index contributed by atoms with van der Waals surface area (Å²) in [5, 5.41) is 5.96. The van der Waals surface area contributed by atoms with Gasteiger partial charge in [-0.1, -0.05) is 51.8 Å². The molecule has 2 bridgehead atoms. The number of ether oxygens (including phenoxy) is 2. The van der Waals surface area contributed by atoms with Crippen molar-refractivity contribution in [2.45, 2.75) is 13.0 Å². The molecule has 4 atom stereocenters. The third-order valence-corrected chi connectivity index (χ3v) is 7.03. The van der Waals surface area contributed by atoms with Crippen molar-refractivity contribution >= 4 is 45.6 Å². The third-order valence-electron chi connectivity index (χ3n) is 6.32. The van der Waals surface area contributed by atoms with Gasteiger partial charge in [0.15, 0.2) is 11.5 Å². The predicted molar refractivity (Wildman–Crippen MR) is 124 cm³/mol. The number of fused-ring (bicyclic) bond motifs is 5. The maximum absolute atomic E-state index is 12.9. The van der Waals surface area contributed by atoms with E-state index in [4.69, 9.17) is 21.1 Å². The highest BCUT2D eigenvalue weighted by Gasteiger charge is 2.59. The maximum atomic E-state index is 12.9. The lowest BCUT2D eigenvalue weighted by Crippen LogP contribution is -2.28. The average Bonchev–Trinajstić information content (AvgIpc) is 3.46. The van der Waals surface area contributed by atoms with E-state index in [0.29, 0.717) is 22.1 Å². The second kappa shape index (κ2) is 8.37. The van der Waals surface area contributed by atoms with Gasteiger partial charge in [0.25, 0.3) is 11.8 Å². The minimum Gasteiger partial charge on any atom is -0.493 e. The number of imide groups is 1. The fraction of sp³-hybridized carbons (Fsp3) is 0.292. The molecule has 6 nitrogen and oxygen atoms in total. The Bertz CT molecular complexity index is 1120. The molecule has 32 heavy (non-hydrogen) atoms. The van der Waals surface area contributed by atoms with Crippen LogP contribution in [0.4, 0.5) is 0 Å². The second-order valence-corrected chi connectivity index (χ2v) is 9.53. The summed E-state index contributed by atoms with van der Waals surface area (Å²) in [6.07, 6.45) is 6.49. The van der Waals surface area contributed by atoms with E-state index in [-0.39, 0.29) is 42.1 Å². The monoisotopic (exact) mass is 514 g/mol. The molecule has 164 valence electrons. The molecule has 5 rings (SSSR count). The number of hydrogen-bond donors (Lipinski definition) is 0. The number of rotatable bonds is 6. The summed E-state index contributed by atoms with van der Waals surface area (Å²) in [6.45, 7) is 0.288. The summed E-state index contributed by atoms with van der Waals surface area (Å²) in [5.41, 5.74) is 1.52. The van der Waals surface area contributed by atoms with Gasteiger partial charge < -0.3 is 9.47 Å². The first-order valence-electron chi connectivity index (χ1n) is 10.3. The molecule has 2 aliphatic carbocycles. The summed E-state index contributed by atoms with van der Waals surface area (Å²) < 4.78 is 12.3. The number of amides is 2. The molecule has 0 N–H and O–H groups in total. The van der Waals surface area contributed by atoms with Crippen molar-refractivity contribution in [3.63, 3.8) is 0 Å². The van der Waals surface area contributed by atoms with E-state index in [1.807, 2.05) is 12.1 Å². The molecule has 2 fully saturated rings. The van der Waals surface area contributed by atoms with Crippen molar-refractivity contribution in [3.8, 4) is 11.5 Å². The molecule has 1 heterocycles. The fourth-order valence-corrected chi connectivity index (χ4v) is 5.43. The van der Waals surface area contributed by atoms with Gasteiger partial charge in [-0.25, -0.2) is 0 Å². The van der Waals surface area contributed by atoms with E-state index in [0.717, 1.165) is 21.5 Å². The van der Waals surface area contributed by atoms with Crippen molar-refractivity contribution in [2.24, 2.45) is 28.8 Å². The van der Waals surface area contributed by atoms with Crippen LogP contribution in [0.2, 0.25) is 5.02 Å². The molecular weight excluding hydrogens is 496 g/mol. The smallest absolute Gasteiger partial charge is 0.254 e. The van der Waals surface area contributed by atoms with Crippen LogP contribution in [0.3, 0.4) is 0 Å². The van der Waals surface area contributed by atoms with Crippen LogP contribution < -0.4 is 9.47 Å². The summed E-state index contributed by atoms with van der Waals surface area (Å²) in [6, 6.07) is 10.9. The zero-order valence-corrected chi connectivity index (χ0v) is 19.5. The highest BCUT2D eigenvalue weighted by molar-refractivity contribution is 9.10. The first kappa shape index (κ1) is 21.2. The molecule has 2 aromatic carbocycles. The van der Waals surface area contributed by atoms with E-state index in [1.54, 1.807) is 31.4 Å². The molecule has 1 aliphatic heterocycles. The fourth-order valence-electron chi connectivity index (χ4n) is 4.85. The molecule has 8 heteroatoms. The van der Waals surface area contributed by atoms with Gasteiger partial charge in [-0.15, -0.1) is 0 Å². The Hall–Kier alpha value is -2.64. The maximum Gasteiger partial charge on any atom is 0.254 e. The Balaban J connectivity index is 1.41. The normalized spacial score (nSPS) is 25.8. The summed E-state index contributed by atoms with van der Waals surface area (Å²) >= 11 is 9.42. The number of hydrazone groups is 1. The number of halogens is 2. The minimum atomic E-state index is -0.285. The zero-order valence-electron chi connectivity index (χ0n) is 17.2. The second-order valence-electron chi connectivity index (χ2n) is 8.17. The number of allylic oxidation sites excluding steroid dienone is 2. The standard InChI is InChI=1S/C24H20BrClN2O4/c1-31-19-10-17(25)9-16(22(19)32-12-13-2-6-18(26)7-3-13)11-27-28-23(29)20-14-4-5-15(8-14)21(20)24(28)30/h2-7,9-11,14-15,20-21H,8,12H2,1H3/t14-,15-,20-,21+/m0/s1. The quantitative estimate of drug-likeness (QED) is 0.314. The van der Waals surface area contributed by atoms with Crippen molar-refractivity contribution in [3.05, 3.63) is 69.2 Å². The largest absolute Gasteiger partial charge is 0.493 e. The van der Waals surface area contributed by atoms with E-state index < -0.39 is 0 Å². The molecule has 3 aliphatic rings. The van der Waals surface area contributed by atoms with Crippen LogP contribution in [0.25, 0.3) is 0 Å². The van der Waals surface area contributed by atoms with Gasteiger partial charge in [-0.3, -0.25) is 9.59 Å². The van der Waals surface area contributed by atoms with Crippen molar-refractivity contribution < 1.29 is 19.1 Å². The minimum absolute atomic E-state index is 0.144. The van der Waals surface area contributed by atoms with Gasteiger partial charge in [-0.2, -0.15) is 10.1 Å². The van der Waals surface area contributed by atoms with Crippen molar-refractivity contribution in [1.82, 2.24) is 5.01 Å². The molecular formula is C24H20BrClN2O4. The predicted octanol–water partition coefficient (Wildman–Crippen LogP) is 4.83. The number of hydrogen-bond acceptors (Lipinski definition) is 5. The van der Waals surface area contributed by atoms with E-state index in [2.05, 4.69) is 33.2 Å². The SMILES string of the molecule is COc1cc(Br)cc(C=NN2C(=O)[C@@H]3[C@H](C2=O)[C@H]2C=C[C@H]3C2)c1OCc1ccc(Cl)cc1. The van der Waals surface area contributed by atoms with Gasteiger partial charge in [0.1, 0.15) is 6.61 Å². The Morgan fingerprint density at radius 2 is 1.78 bits per heavy atom. The lowest BCUT2D eigenvalue weighted by Gasteiger charge is -2.15. The van der Waals surface area contributed by atoms with Gasteiger partial charge in [0, 0.05) is 15.1 Å². The topological polar surface area (TPSA) is 68.2 Å². The first-order valence-corrected chi connectivity index (χ1v) is 11.5. The molecule has 0 unspecified atom stereocenters. The lowest BCUT2D eigenvalue weighted by atomic mass is 9.85. The number of methoxy groups -OCH3 is 1. The van der Waals surface area contributed by atoms with Gasteiger partial charge in [0.2, 0.25) is 0 Å². The highest BCUT2D eigenvalue weighted by atomic mass is 79.9. The van der Waals surface area contributed by atoms with Crippen LogP contribution in [0.15, 0.2) is 58.1 Å². The van der Waals surface area contributed by atoms with Crippen LogP contribution in [-0.2, 0) is 16.2 Å². The van der Waals surface area contributed by atoms with Crippen LogP contribution >= 0.6 is 27.5 Å². The van der Waals surface area contributed by atoms with Crippen LogP contribution in [0, 0.1) is 23.7 Å². The Kier molecular flexibility index (Phi) is 5.55. The first-order chi connectivity index (χ1) is 15.5. The van der Waals surface area contributed by atoms with Crippen LogP contribution in [-0.4, -0.2) is 30.1 Å².